The van der Waals surface area contributed by atoms with Crippen LogP contribution in [0.2, 0.25) is 10.0 Å². The highest BCUT2D eigenvalue weighted by Gasteiger charge is 2.41. The summed E-state index contributed by atoms with van der Waals surface area (Å²) >= 11 is 12.2. The van der Waals surface area contributed by atoms with Crippen molar-refractivity contribution < 1.29 is 5.11 Å². The summed E-state index contributed by atoms with van der Waals surface area (Å²) in [4.78, 5) is 0. The SMILES string of the molecule is CNC(C)[C@]1(c2ccc(Cl)c(Cl)c2)CCC[C@H](O)C1. The largest absolute Gasteiger partial charge is 0.393 e. The number of benzene rings is 1. The van der Waals surface area contributed by atoms with Gasteiger partial charge in [-0.2, -0.15) is 0 Å². The van der Waals surface area contributed by atoms with Crippen LogP contribution >= 0.6 is 23.2 Å². The van der Waals surface area contributed by atoms with Crippen LogP contribution in [0.4, 0.5) is 0 Å². The van der Waals surface area contributed by atoms with Crippen LogP contribution in [-0.2, 0) is 5.41 Å². The lowest BCUT2D eigenvalue weighted by Crippen LogP contribution is -2.49. The summed E-state index contributed by atoms with van der Waals surface area (Å²) in [6.45, 7) is 2.17. The maximum absolute atomic E-state index is 10.1. The van der Waals surface area contributed by atoms with Crippen LogP contribution < -0.4 is 5.32 Å². The van der Waals surface area contributed by atoms with Gasteiger partial charge in [-0.3, -0.25) is 0 Å². The van der Waals surface area contributed by atoms with E-state index >= 15 is 0 Å². The maximum Gasteiger partial charge on any atom is 0.0595 e. The van der Waals surface area contributed by atoms with Crippen LogP contribution in [0, 0.1) is 0 Å². The number of likely N-dealkylation sites (N-methyl/N-ethyl adjacent to an activating group) is 1. The second kappa shape index (κ2) is 6.01. The molecule has 0 radical (unpaired) electrons. The molecular weight excluding hydrogens is 281 g/mol. The molecule has 1 aliphatic carbocycles. The highest BCUT2D eigenvalue weighted by Crippen LogP contribution is 2.43. The minimum atomic E-state index is -0.237. The van der Waals surface area contributed by atoms with Crippen molar-refractivity contribution in [2.75, 3.05) is 7.05 Å². The lowest BCUT2D eigenvalue weighted by molar-refractivity contribution is 0.0706. The van der Waals surface area contributed by atoms with E-state index < -0.39 is 0 Å². The molecule has 4 heteroatoms. The quantitative estimate of drug-likeness (QED) is 0.890. The van der Waals surface area contributed by atoms with Crippen molar-refractivity contribution in [3.63, 3.8) is 0 Å². The predicted molar refractivity (Wildman–Crippen MR) is 81.1 cm³/mol. The lowest BCUT2D eigenvalue weighted by atomic mass is 9.64. The van der Waals surface area contributed by atoms with Gasteiger partial charge in [0.25, 0.3) is 0 Å². The van der Waals surface area contributed by atoms with Gasteiger partial charge in [-0.1, -0.05) is 29.3 Å². The van der Waals surface area contributed by atoms with Crippen LogP contribution in [0.5, 0.6) is 0 Å². The highest BCUT2D eigenvalue weighted by molar-refractivity contribution is 6.42. The van der Waals surface area contributed by atoms with Gasteiger partial charge in [0.05, 0.1) is 16.1 Å². The number of halogens is 2. The Hall–Kier alpha value is -0.280. The Morgan fingerprint density at radius 1 is 1.37 bits per heavy atom. The molecule has 1 aromatic rings. The molecule has 106 valence electrons. The van der Waals surface area contributed by atoms with Crippen molar-refractivity contribution in [1.29, 1.82) is 0 Å². The van der Waals surface area contributed by atoms with E-state index in [-0.39, 0.29) is 17.6 Å². The first kappa shape index (κ1) is 15.1. The molecule has 0 heterocycles. The zero-order valence-electron chi connectivity index (χ0n) is 11.4. The molecule has 19 heavy (non-hydrogen) atoms. The molecule has 1 fully saturated rings. The number of aliphatic hydroxyl groups is 1. The zero-order chi connectivity index (χ0) is 14.0. The van der Waals surface area contributed by atoms with E-state index in [1.165, 1.54) is 5.56 Å². The molecule has 0 amide bonds. The Labute approximate surface area is 125 Å². The van der Waals surface area contributed by atoms with Crippen molar-refractivity contribution >= 4 is 23.2 Å². The fourth-order valence-electron chi connectivity index (χ4n) is 3.27. The molecule has 0 aromatic heterocycles. The van der Waals surface area contributed by atoms with Gasteiger partial charge in [-0.25, -0.2) is 0 Å². The molecule has 1 saturated carbocycles. The van der Waals surface area contributed by atoms with E-state index in [9.17, 15) is 5.11 Å². The first-order valence-electron chi connectivity index (χ1n) is 6.80. The molecule has 3 atom stereocenters. The Morgan fingerprint density at radius 3 is 2.68 bits per heavy atom. The third kappa shape index (κ3) is 2.92. The average molecular weight is 302 g/mol. The van der Waals surface area contributed by atoms with Gasteiger partial charge >= 0.3 is 0 Å². The van der Waals surface area contributed by atoms with Gasteiger partial charge < -0.3 is 10.4 Å². The number of hydrogen-bond acceptors (Lipinski definition) is 2. The predicted octanol–water partition coefficient (Wildman–Crippen LogP) is 3.77. The highest BCUT2D eigenvalue weighted by atomic mass is 35.5. The molecule has 2 rings (SSSR count). The summed E-state index contributed by atoms with van der Waals surface area (Å²) in [5.41, 5.74) is 1.10. The maximum atomic E-state index is 10.1. The number of nitrogens with one attached hydrogen (secondary N) is 1. The fraction of sp³-hybridized carbons (Fsp3) is 0.600. The van der Waals surface area contributed by atoms with Crippen molar-refractivity contribution in [1.82, 2.24) is 5.32 Å². The van der Waals surface area contributed by atoms with Crippen molar-refractivity contribution in [2.45, 2.75) is 50.2 Å². The minimum Gasteiger partial charge on any atom is -0.393 e. The number of rotatable bonds is 3. The Balaban J connectivity index is 2.44. The lowest BCUT2D eigenvalue weighted by Gasteiger charge is -2.44. The summed E-state index contributed by atoms with van der Waals surface area (Å²) in [5.74, 6) is 0. The molecule has 1 aliphatic rings. The van der Waals surface area contributed by atoms with Gasteiger partial charge in [0.15, 0.2) is 0 Å². The summed E-state index contributed by atoms with van der Waals surface area (Å²) in [7, 11) is 1.96. The first-order chi connectivity index (χ1) is 8.99. The van der Waals surface area contributed by atoms with Crippen LogP contribution in [-0.4, -0.2) is 24.3 Å². The fourth-order valence-corrected chi connectivity index (χ4v) is 3.56. The van der Waals surface area contributed by atoms with Gasteiger partial charge in [0.1, 0.15) is 0 Å². The monoisotopic (exact) mass is 301 g/mol. The molecule has 1 unspecified atom stereocenters. The van der Waals surface area contributed by atoms with Crippen LogP contribution in [0.3, 0.4) is 0 Å². The summed E-state index contributed by atoms with van der Waals surface area (Å²) in [6, 6.07) is 6.12. The third-order valence-electron chi connectivity index (χ3n) is 4.52. The van der Waals surface area contributed by atoms with E-state index in [0.29, 0.717) is 10.0 Å². The van der Waals surface area contributed by atoms with Gasteiger partial charge in [0.2, 0.25) is 0 Å². The molecular formula is C15H21Cl2NO. The minimum absolute atomic E-state index is 0.0688. The van der Waals surface area contributed by atoms with Crippen molar-refractivity contribution in [2.24, 2.45) is 0 Å². The molecule has 0 bridgehead atoms. The normalized spacial score (nSPS) is 29.2. The van der Waals surface area contributed by atoms with Crippen LogP contribution in [0.25, 0.3) is 0 Å². The van der Waals surface area contributed by atoms with Crippen LogP contribution in [0.1, 0.15) is 38.2 Å². The molecule has 0 spiro atoms. The summed E-state index contributed by atoms with van der Waals surface area (Å²) in [5, 5.41) is 14.6. The van der Waals surface area contributed by atoms with Gasteiger partial charge in [-0.05, 0) is 57.4 Å². The van der Waals surface area contributed by atoms with E-state index in [0.717, 1.165) is 25.7 Å². The topological polar surface area (TPSA) is 32.3 Å². The molecule has 0 aliphatic heterocycles. The Bertz CT molecular complexity index is 452. The zero-order valence-corrected chi connectivity index (χ0v) is 12.9. The average Bonchev–Trinajstić information content (AvgIpc) is 2.40. The standard InChI is InChI=1S/C15H21Cl2NO/c1-10(18-2)15(7-3-4-12(19)9-15)11-5-6-13(16)14(17)8-11/h5-6,8,10,12,18-19H,3-4,7,9H2,1-2H3/t10?,12-,15-/m0/s1. The molecule has 2 N–H and O–H groups in total. The number of aliphatic hydroxyl groups excluding tert-OH is 1. The van der Waals surface area contributed by atoms with E-state index in [1.54, 1.807) is 0 Å². The second-order valence-electron chi connectivity index (χ2n) is 5.55. The van der Waals surface area contributed by atoms with E-state index in [1.807, 2.05) is 25.2 Å². The first-order valence-corrected chi connectivity index (χ1v) is 7.56. The third-order valence-corrected chi connectivity index (χ3v) is 5.26. The van der Waals surface area contributed by atoms with Gasteiger partial charge in [0, 0.05) is 11.5 Å². The van der Waals surface area contributed by atoms with Crippen molar-refractivity contribution in [3.05, 3.63) is 33.8 Å². The summed E-state index contributed by atoms with van der Waals surface area (Å²) in [6.07, 6.45) is 3.52. The molecule has 1 aromatic carbocycles. The Kier molecular flexibility index (Phi) is 4.78. The van der Waals surface area contributed by atoms with Gasteiger partial charge in [-0.15, -0.1) is 0 Å². The smallest absolute Gasteiger partial charge is 0.0595 e. The van der Waals surface area contributed by atoms with Crippen molar-refractivity contribution in [3.8, 4) is 0 Å². The number of hydrogen-bond donors (Lipinski definition) is 2. The van der Waals surface area contributed by atoms with Crippen LogP contribution in [0.15, 0.2) is 18.2 Å². The van der Waals surface area contributed by atoms with E-state index in [2.05, 4.69) is 12.2 Å². The second-order valence-corrected chi connectivity index (χ2v) is 6.36. The van der Waals surface area contributed by atoms with E-state index in [4.69, 9.17) is 23.2 Å². The Morgan fingerprint density at radius 2 is 2.11 bits per heavy atom. The molecule has 0 saturated heterocycles. The molecule has 2 nitrogen and oxygen atoms in total. The summed E-state index contributed by atoms with van der Waals surface area (Å²) < 4.78 is 0.